The van der Waals surface area contributed by atoms with Crippen LogP contribution in [0.3, 0.4) is 0 Å². The van der Waals surface area contributed by atoms with Gasteiger partial charge in [-0.1, -0.05) is 12.1 Å². The van der Waals surface area contributed by atoms with Crippen molar-refractivity contribution in [3.63, 3.8) is 0 Å². The number of hydrogen-bond donors (Lipinski definition) is 2. The number of aromatic hydroxyl groups is 1. The summed E-state index contributed by atoms with van der Waals surface area (Å²) in [4.78, 5) is 0. The average molecular weight is 245 g/mol. The fraction of sp³-hybridized carbons (Fsp3) is 0.357. The third kappa shape index (κ3) is 3.03. The molecule has 0 radical (unpaired) electrons. The fourth-order valence-corrected chi connectivity index (χ4v) is 1.92. The van der Waals surface area contributed by atoms with Crippen molar-refractivity contribution in [3.05, 3.63) is 41.6 Å². The molecule has 0 spiro atoms. The Kier molecular flexibility index (Phi) is 3.55. The minimum absolute atomic E-state index is 0.295. The van der Waals surface area contributed by atoms with Crippen LogP contribution in [0.5, 0.6) is 5.75 Å². The first-order chi connectivity index (χ1) is 8.54. The topological polar surface area (TPSA) is 50.1 Å². The van der Waals surface area contributed by atoms with Crippen LogP contribution in [0.1, 0.15) is 18.2 Å². The predicted molar refractivity (Wildman–Crippen MR) is 72.8 cm³/mol. The van der Waals surface area contributed by atoms with Gasteiger partial charge in [-0.2, -0.15) is 5.10 Å². The molecular weight excluding hydrogens is 226 g/mol. The smallest absolute Gasteiger partial charge is 0.148 e. The Morgan fingerprint density at radius 3 is 2.56 bits per heavy atom. The molecule has 0 saturated carbocycles. The number of nitrogens with one attached hydrogen (secondary N) is 1. The summed E-state index contributed by atoms with van der Waals surface area (Å²) in [7, 11) is 1.94. The third-order valence-corrected chi connectivity index (χ3v) is 2.99. The molecule has 1 atom stereocenters. The average Bonchev–Trinajstić information content (AvgIpc) is 2.61. The second-order valence-electron chi connectivity index (χ2n) is 4.71. The number of benzene rings is 1. The van der Waals surface area contributed by atoms with Gasteiger partial charge in [-0.3, -0.25) is 4.68 Å². The van der Waals surface area contributed by atoms with E-state index in [1.165, 1.54) is 5.56 Å². The van der Waals surface area contributed by atoms with Crippen molar-refractivity contribution in [3.8, 4) is 5.75 Å². The van der Waals surface area contributed by atoms with Crippen LogP contribution in [0.25, 0.3) is 0 Å². The Hall–Kier alpha value is -1.97. The van der Waals surface area contributed by atoms with Crippen LogP contribution < -0.4 is 5.32 Å². The van der Waals surface area contributed by atoms with Crippen molar-refractivity contribution in [1.82, 2.24) is 9.78 Å². The molecule has 2 N–H and O–H groups in total. The van der Waals surface area contributed by atoms with E-state index in [1.54, 1.807) is 12.1 Å². The van der Waals surface area contributed by atoms with Gasteiger partial charge in [-0.15, -0.1) is 0 Å². The molecule has 0 aliphatic heterocycles. The van der Waals surface area contributed by atoms with Gasteiger partial charge in [-0.25, -0.2) is 0 Å². The molecule has 18 heavy (non-hydrogen) atoms. The molecule has 0 saturated heterocycles. The van der Waals surface area contributed by atoms with Crippen molar-refractivity contribution in [2.24, 2.45) is 7.05 Å². The monoisotopic (exact) mass is 245 g/mol. The van der Waals surface area contributed by atoms with Gasteiger partial charge >= 0.3 is 0 Å². The van der Waals surface area contributed by atoms with Crippen LogP contribution in [0.15, 0.2) is 30.3 Å². The van der Waals surface area contributed by atoms with Crippen LogP contribution in [0.2, 0.25) is 0 Å². The zero-order valence-corrected chi connectivity index (χ0v) is 11.0. The Balaban J connectivity index is 1.96. The van der Waals surface area contributed by atoms with Crippen LogP contribution in [-0.2, 0) is 13.5 Å². The Bertz CT molecular complexity index is 497. The van der Waals surface area contributed by atoms with Crippen LogP contribution in [0, 0.1) is 6.92 Å². The van der Waals surface area contributed by atoms with E-state index in [4.69, 9.17) is 0 Å². The Labute approximate surface area is 107 Å². The fourth-order valence-electron chi connectivity index (χ4n) is 1.92. The van der Waals surface area contributed by atoms with E-state index in [2.05, 4.69) is 17.3 Å². The maximum Gasteiger partial charge on any atom is 0.148 e. The number of aryl methyl sites for hydroxylation is 2. The lowest BCUT2D eigenvalue weighted by atomic mass is 10.1. The summed E-state index contributed by atoms with van der Waals surface area (Å²) in [6.07, 6.45) is 0.899. The zero-order chi connectivity index (χ0) is 13.1. The minimum Gasteiger partial charge on any atom is -0.508 e. The Morgan fingerprint density at radius 2 is 2.00 bits per heavy atom. The number of anilines is 1. The maximum atomic E-state index is 9.23. The van der Waals surface area contributed by atoms with Gasteiger partial charge in [0.15, 0.2) is 0 Å². The van der Waals surface area contributed by atoms with Crippen molar-refractivity contribution in [1.29, 1.82) is 0 Å². The second-order valence-corrected chi connectivity index (χ2v) is 4.71. The summed E-state index contributed by atoms with van der Waals surface area (Å²) in [6, 6.07) is 9.64. The quantitative estimate of drug-likeness (QED) is 0.870. The molecule has 0 aliphatic carbocycles. The third-order valence-electron chi connectivity index (χ3n) is 2.99. The lowest BCUT2D eigenvalue weighted by Crippen LogP contribution is -2.18. The van der Waals surface area contributed by atoms with Gasteiger partial charge in [0, 0.05) is 24.8 Å². The first kappa shape index (κ1) is 12.5. The minimum atomic E-state index is 0.295. The van der Waals surface area contributed by atoms with Crippen molar-refractivity contribution in [2.75, 3.05) is 5.32 Å². The summed E-state index contributed by atoms with van der Waals surface area (Å²) < 4.78 is 1.86. The van der Waals surface area contributed by atoms with E-state index in [-0.39, 0.29) is 0 Å². The molecule has 0 bridgehead atoms. The predicted octanol–water partition coefficient (Wildman–Crippen LogP) is 2.48. The van der Waals surface area contributed by atoms with E-state index in [9.17, 15) is 5.11 Å². The standard InChI is InChI=1S/C14H19N3O/c1-10(8-12-4-6-13(18)7-5-12)15-14-9-11(2)17(3)16-14/h4-7,9-10,18H,8H2,1-3H3,(H,15,16). The first-order valence-electron chi connectivity index (χ1n) is 6.09. The van der Waals surface area contributed by atoms with E-state index in [0.29, 0.717) is 11.8 Å². The van der Waals surface area contributed by atoms with Gasteiger partial charge in [0.05, 0.1) is 0 Å². The Morgan fingerprint density at radius 1 is 1.33 bits per heavy atom. The molecule has 0 aliphatic rings. The number of nitrogens with zero attached hydrogens (tertiary/aromatic N) is 2. The lowest BCUT2D eigenvalue weighted by molar-refractivity contribution is 0.475. The van der Waals surface area contributed by atoms with Gasteiger partial charge < -0.3 is 10.4 Å². The molecule has 2 aromatic rings. The summed E-state index contributed by atoms with van der Waals surface area (Å²) in [5, 5.41) is 17.0. The second kappa shape index (κ2) is 5.12. The van der Waals surface area contributed by atoms with Crippen LogP contribution in [-0.4, -0.2) is 20.9 Å². The molecule has 1 unspecified atom stereocenters. The summed E-state index contributed by atoms with van der Waals surface area (Å²) in [6.45, 7) is 4.15. The first-order valence-corrected chi connectivity index (χ1v) is 6.09. The lowest BCUT2D eigenvalue weighted by Gasteiger charge is -2.13. The maximum absolute atomic E-state index is 9.23. The highest BCUT2D eigenvalue weighted by atomic mass is 16.3. The molecule has 2 rings (SSSR count). The number of hydrogen-bond acceptors (Lipinski definition) is 3. The molecule has 1 heterocycles. The molecule has 1 aromatic carbocycles. The molecule has 0 amide bonds. The van der Waals surface area contributed by atoms with Crippen molar-refractivity contribution in [2.45, 2.75) is 26.3 Å². The highest BCUT2D eigenvalue weighted by Gasteiger charge is 2.06. The molecule has 4 nitrogen and oxygen atoms in total. The molecule has 96 valence electrons. The van der Waals surface area contributed by atoms with E-state index >= 15 is 0 Å². The molecular formula is C14H19N3O. The largest absolute Gasteiger partial charge is 0.508 e. The van der Waals surface area contributed by atoms with Crippen LogP contribution >= 0.6 is 0 Å². The molecule has 1 aromatic heterocycles. The van der Waals surface area contributed by atoms with E-state index < -0.39 is 0 Å². The normalized spacial score (nSPS) is 12.4. The number of phenols is 1. The zero-order valence-electron chi connectivity index (χ0n) is 11.0. The number of phenolic OH excluding ortho intramolecular Hbond substituents is 1. The van der Waals surface area contributed by atoms with Gasteiger partial charge in [0.2, 0.25) is 0 Å². The molecule has 0 fully saturated rings. The molecule has 4 heteroatoms. The summed E-state index contributed by atoms with van der Waals surface area (Å²) in [5.74, 6) is 1.21. The van der Waals surface area contributed by atoms with E-state index in [1.807, 2.05) is 36.9 Å². The van der Waals surface area contributed by atoms with Crippen molar-refractivity contribution >= 4 is 5.82 Å². The van der Waals surface area contributed by atoms with Crippen LogP contribution in [0.4, 0.5) is 5.82 Å². The van der Waals surface area contributed by atoms with Crippen molar-refractivity contribution < 1.29 is 5.11 Å². The van der Waals surface area contributed by atoms with Gasteiger partial charge in [0.1, 0.15) is 11.6 Å². The summed E-state index contributed by atoms with van der Waals surface area (Å²) >= 11 is 0. The number of aromatic nitrogens is 2. The highest BCUT2D eigenvalue weighted by molar-refractivity contribution is 5.37. The van der Waals surface area contributed by atoms with E-state index in [0.717, 1.165) is 17.9 Å². The SMILES string of the molecule is Cc1cc(NC(C)Cc2ccc(O)cc2)nn1C. The van der Waals surface area contributed by atoms with Gasteiger partial charge in [0.25, 0.3) is 0 Å². The van der Waals surface area contributed by atoms with Gasteiger partial charge in [-0.05, 0) is 38.0 Å². The highest BCUT2D eigenvalue weighted by Crippen LogP contribution is 2.14. The number of rotatable bonds is 4. The summed E-state index contributed by atoms with van der Waals surface area (Å²) in [5.41, 5.74) is 2.33.